The number of Topliss-reactive ketones (excluding diaryl/α,β-unsaturated/α-hetero) is 1. The molecule has 0 aliphatic heterocycles. The van der Waals surface area contributed by atoms with Crippen LogP contribution in [-0.2, 0) is 4.79 Å². The third-order valence-electron chi connectivity index (χ3n) is 2.44. The Morgan fingerprint density at radius 2 is 1.93 bits per heavy atom. The van der Waals surface area contributed by atoms with Gasteiger partial charge in [0, 0.05) is 5.92 Å². The molecule has 0 aliphatic carbocycles. The largest absolute Gasteiger partial charge is 0.388 e. The lowest BCUT2D eigenvalue weighted by Gasteiger charge is -2.11. The normalized spacial score (nSPS) is 15.1. The van der Waals surface area contributed by atoms with Gasteiger partial charge in [0.1, 0.15) is 5.78 Å². The first kappa shape index (κ1) is 11.7. The van der Waals surface area contributed by atoms with E-state index in [0.29, 0.717) is 0 Å². The lowest BCUT2D eigenvalue weighted by molar-refractivity contribution is -0.122. The molecule has 2 heteroatoms. The second-order valence-corrected chi connectivity index (χ2v) is 3.66. The second-order valence-electron chi connectivity index (χ2n) is 3.66. The molecule has 1 aromatic rings. The fourth-order valence-corrected chi connectivity index (χ4v) is 1.18. The van der Waals surface area contributed by atoms with E-state index in [-0.39, 0.29) is 11.7 Å². The van der Waals surface area contributed by atoms with Crippen LogP contribution in [0.4, 0.5) is 0 Å². The van der Waals surface area contributed by atoms with Crippen molar-refractivity contribution in [1.82, 2.24) is 0 Å². The van der Waals surface area contributed by atoms with Gasteiger partial charge in [-0.25, -0.2) is 0 Å². The Hall–Kier alpha value is -1.41. The predicted octanol–water partition coefficient (Wildman–Crippen LogP) is 2.29. The van der Waals surface area contributed by atoms with Crippen molar-refractivity contribution in [3.05, 3.63) is 42.0 Å². The number of ketones is 1. The number of benzene rings is 1. The Kier molecular flexibility index (Phi) is 4.25. The molecule has 2 nitrogen and oxygen atoms in total. The first-order chi connectivity index (χ1) is 7.11. The molecule has 0 saturated carbocycles. The lowest BCUT2D eigenvalue weighted by atomic mass is 10.00. The molecule has 0 heterocycles. The van der Waals surface area contributed by atoms with Gasteiger partial charge < -0.3 is 5.11 Å². The van der Waals surface area contributed by atoms with Gasteiger partial charge in [-0.2, -0.15) is 0 Å². The molecule has 15 heavy (non-hydrogen) atoms. The molecule has 0 fully saturated rings. The molecular weight excluding hydrogens is 188 g/mol. The quantitative estimate of drug-likeness (QED) is 0.817. The van der Waals surface area contributed by atoms with Gasteiger partial charge in [-0.3, -0.25) is 4.79 Å². The van der Waals surface area contributed by atoms with Crippen LogP contribution in [0.3, 0.4) is 0 Å². The van der Waals surface area contributed by atoms with Crippen LogP contribution in [0.2, 0.25) is 0 Å². The molecule has 2 atom stereocenters. The van der Waals surface area contributed by atoms with Crippen LogP contribution in [0.15, 0.2) is 36.4 Å². The predicted molar refractivity (Wildman–Crippen MR) is 61.3 cm³/mol. The Bertz CT molecular complexity index is 341. The average molecular weight is 204 g/mol. The first-order valence-electron chi connectivity index (χ1n) is 5.03. The van der Waals surface area contributed by atoms with Crippen LogP contribution in [0, 0.1) is 5.92 Å². The summed E-state index contributed by atoms with van der Waals surface area (Å²) in [6.45, 7) is 3.21. The Balaban J connectivity index is 2.62. The van der Waals surface area contributed by atoms with Crippen LogP contribution in [0.1, 0.15) is 19.4 Å². The van der Waals surface area contributed by atoms with E-state index < -0.39 is 6.10 Å². The van der Waals surface area contributed by atoms with Gasteiger partial charge in [0.05, 0.1) is 6.10 Å². The van der Waals surface area contributed by atoms with Crippen molar-refractivity contribution >= 4 is 11.9 Å². The maximum absolute atomic E-state index is 11.0. The van der Waals surface area contributed by atoms with E-state index in [0.717, 1.165) is 5.56 Å². The van der Waals surface area contributed by atoms with Crippen molar-refractivity contribution in [1.29, 1.82) is 0 Å². The van der Waals surface area contributed by atoms with E-state index in [2.05, 4.69) is 0 Å². The number of carbonyl (C=O) groups is 1. The van der Waals surface area contributed by atoms with Crippen molar-refractivity contribution in [3.63, 3.8) is 0 Å². The molecule has 1 N–H and O–H groups in total. The van der Waals surface area contributed by atoms with Crippen LogP contribution in [0.25, 0.3) is 6.08 Å². The monoisotopic (exact) mass is 204 g/mol. The fraction of sp³-hybridized carbons (Fsp3) is 0.308. The molecule has 0 amide bonds. The summed E-state index contributed by atoms with van der Waals surface area (Å²) in [4.78, 5) is 11.0. The van der Waals surface area contributed by atoms with Crippen molar-refractivity contribution in [2.24, 2.45) is 5.92 Å². The first-order valence-corrected chi connectivity index (χ1v) is 5.03. The van der Waals surface area contributed by atoms with Gasteiger partial charge in [-0.15, -0.1) is 0 Å². The number of hydrogen-bond acceptors (Lipinski definition) is 2. The van der Waals surface area contributed by atoms with Crippen LogP contribution in [0.5, 0.6) is 0 Å². The summed E-state index contributed by atoms with van der Waals surface area (Å²) in [5, 5.41) is 9.64. The summed E-state index contributed by atoms with van der Waals surface area (Å²) in [5.41, 5.74) is 1.02. The highest BCUT2D eigenvalue weighted by Crippen LogP contribution is 2.08. The molecule has 0 radical (unpaired) electrons. The highest BCUT2D eigenvalue weighted by Gasteiger charge is 2.14. The van der Waals surface area contributed by atoms with Gasteiger partial charge >= 0.3 is 0 Å². The minimum absolute atomic E-state index is 0.000196. The van der Waals surface area contributed by atoms with Crippen molar-refractivity contribution in [3.8, 4) is 0 Å². The maximum Gasteiger partial charge on any atom is 0.135 e. The van der Waals surface area contributed by atoms with E-state index >= 15 is 0 Å². The topological polar surface area (TPSA) is 37.3 Å². The number of hydrogen-bond donors (Lipinski definition) is 1. The number of rotatable bonds is 4. The van der Waals surface area contributed by atoms with Crippen LogP contribution in [-0.4, -0.2) is 17.0 Å². The number of carbonyl (C=O) groups excluding carboxylic acids is 1. The third kappa shape index (κ3) is 3.68. The van der Waals surface area contributed by atoms with Gasteiger partial charge in [-0.1, -0.05) is 49.4 Å². The molecule has 0 aromatic heterocycles. The van der Waals surface area contributed by atoms with Gasteiger partial charge in [0.15, 0.2) is 0 Å². The Labute approximate surface area is 90.3 Å². The SMILES string of the molecule is CC(=O)[C@@H](C)[C@@H](O)/C=C/c1ccccc1. The number of aliphatic hydroxyl groups excluding tert-OH is 1. The summed E-state index contributed by atoms with van der Waals surface area (Å²) in [7, 11) is 0. The number of aliphatic hydroxyl groups is 1. The summed E-state index contributed by atoms with van der Waals surface area (Å²) < 4.78 is 0. The lowest BCUT2D eigenvalue weighted by Crippen LogP contribution is -2.21. The zero-order valence-electron chi connectivity index (χ0n) is 9.05. The average Bonchev–Trinajstić information content (AvgIpc) is 2.26. The zero-order chi connectivity index (χ0) is 11.3. The highest BCUT2D eigenvalue weighted by atomic mass is 16.3. The van der Waals surface area contributed by atoms with Crippen LogP contribution < -0.4 is 0 Å². The molecule has 1 aromatic carbocycles. The summed E-state index contributed by atoms with van der Waals surface area (Å²) >= 11 is 0. The molecule has 0 spiro atoms. The molecule has 0 aliphatic rings. The zero-order valence-corrected chi connectivity index (χ0v) is 9.05. The maximum atomic E-state index is 11.0. The third-order valence-corrected chi connectivity index (χ3v) is 2.44. The van der Waals surface area contributed by atoms with E-state index in [9.17, 15) is 9.90 Å². The van der Waals surface area contributed by atoms with Crippen molar-refractivity contribution in [2.75, 3.05) is 0 Å². The summed E-state index contributed by atoms with van der Waals surface area (Å²) in [5.74, 6) is -0.342. The van der Waals surface area contributed by atoms with Crippen molar-refractivity contribution in [2.45, 2.75) is 20.0 Å². The minimum Gasteiger partial charge on any atom is -0.388 e. The molecule has 1 rings (SSSR count). The van der Waals surface area contributed by atoms with E-state index in [1.807, 2.05) is 36.4 Å². The van der Waals surface area contributed by atoms with E-state index in [4.69, 9.17) is 0 Å². The van der Waals surface area contributed by atoms with E-state index in [1.54, 1.807) is 13.0 Å². The Morgan fingerprint density at radius 3 is 2.47 bits per heavy atom. The van der Waals surface area contributed by atoms with Crippen LogP contribution >= 0.6 is 0 Å². The minimum atomic E-state index is -0.706. The van der Waals surface area contributed by atoms with Gasteiger partial charge in [0.2, 0.25) is 0 Å². The highest BCUT2D eigenvalue weighted by molar-refractivity contribution is 5.78. The summed E-state index contributed by atoms with van der Waals surface area (Å²) in [6.07, 6.45) is 2.77. The molecule has 80 valence electrons. The van der Waals surface area contributed by atoms with Gasteiger partial charge in [-0.05, 0) is 12.5 Å². The molecule has 0 unspecified atom stereocenters. The smallest absolute Gasteiger partial charge is 0.135 e. The molecular formula is C13H16O2. The molecule has 0 bridgehead atoms. The molecule has 0 saturated heterocycles. The van der Waals surface area contributed by atoms with Crippen molar-refractivity contribution < 1.29 is 9.90 Å². The second kappa shape index (κ2) is 5.47. The standard InChI is InChI=1S/C13H16O2/c1-10(11(2)14)13(15)9-8-12-6-4-3-5-7-12/h3-10,13,15H,1-2H3/b9-8+/t10-,13+/m1/s1. The van der Waals surface area contributed by atoms with E-state index in [1.165, 1.54) is 6.92 Å². The van der Waals surface area contributed by atoms with Gasteiger partial charge in [0.25, 0.3) is 0 Å². The summed E-state index contributed by atoms with van der Waals surface area (Å²) in [6, 6.07) is 9.69. The fourth-order valence-electron chi connectivity index (χ4n) is 1.18. The Morgan fingerprint density at radius 1 is 1.33 bits per heavy atom.